The van der Waals surface area contributed by atoms with Crippen LogP contribution in [0.3, 0.4) is 0 Å². The van der Waals surface area contributed by atoms with Crippen LogP contribution in [0.5, 0.6) is 0 Å². The van der Waals surface area contributed by atoms with Crippen molar-refractivity contribution in [3.63, 3.8) is 0 Å². The summed E-state index contributed by atoms with van der Waals surface area (Å²) >= 11 is 0. The Kier molecular flexibility index (Phi) is 3.31. The van der Waals surface area contributed by atoms with Gasteiger partial charge in [-0.15, -0.1) is 0 Å². The van der Waals surface area contributed by atoms with Crippen LogP contribution < -0.4 is 5.32 Å². The number of hydrogen-bond donors (Lipinski definition) is 1. The summed E-state index contributed by atoms with van der Waals surface area (Å²) in [5.41, 5.74) is 0.800. The standard InChI is InChI=1S/C12H15F2NO2S/c1-12(7-2-8-12)15-9-3-5-10(6-4-9)18(16,17)11(13)14/h3-6,11,15H,2,7-8H2,1H3. The highest BCUT2D eigenvalue weighted by atomic mass is 32.2. The Hall–Kier alpha value is -1.17. The predicted molar refractivity (Wildman–Crippen MR) is 65.5 cm³/mol. The zero-order valence-corrected chi connectivity index (χ0v) is 10.8. The van der Waals surface area contributed by atoms with Crippen LogP contribution in [-0.4, -0.2) is 19.7 Å². The molecule has 1 aliphatic rings. The first-order chi connectivity index (χ1) is 8.33. The minimum absolute atomic E-state index is 0.0447. The molecule has 2 rings (SSSR count). The monoisotopic (exact) mass is 275 g/mol. The number of anilines is 1. The van der Waals surface area contributed by atoms with Crippen molar-refractivity contribution in [1.82, 2.24) is 0 Å². The van der Waals surface area contributed by atoms with Crippen molar-refractivity contribution in [2.45, 2.75) is 42.4 Å². The van der Waals surface area contributed by atoms with Crippen LogP contribution in [0.1, 0.15) is 26.2 Å². The molecule has 18 heavy (non-hydrogen) atoms. The van der Waals surface area contributed by atoms with Gasteiger partial charge in [0, 0.05) is 11.2 Å². The summed E-state index contributed by atoms with van der Waals surface area (Å²) in [6.07, 6.45) is 3.29. The lowest BCUT2D eigenvalue weighted by Crippen LogP contribution is -2.41. The van der Waals surface area contributed by atoms with E-state index in [-0.39, 0.29) is 10.4 Å². The van der Waals surface area contributed by atoms with E-state index < -0.39 is 15.6 Å². The molecule has 0 bridgehead atoms. The molecule has 1 N–H and O–H groups in total. The van der Waals surface area contributed by atoms with E-state index in [9.17, 15) is 17.2 Å². The molecule has 0 heterocycles. The highest BCUT2D eigenvalue weighted by molar-refractivity contribution is 7.91. The Morgan fingerprint density at radius 2 is 1.78 bits per heavy atom. The van der Waals surface area contributed by atoms with Gasteiger partial charge in [0.15, 0.2) is 0 Å². The minimum atomic E-state index is -4.49. The number of benzene rings is 1. The van der Waals surface area contributed by atoms with E-state index >= 15 is 0 Å². The van der Waals surface area contributed by atoms with Crippen molar-refractivity contribution >= 4 is 15.5 Å². The quantitative estimate of drug-likeness (QED) is 0.918. The summed E-state index contributed by atoms with van der Waals surface area (Å²) in [5, 5.41) is 3.28. The minimum Gasteiger partial charge on any atom is -0.380 e. The maximum atomic E-state index is 12.3. The fourth-order valence-electron chi connectivity index (χ4n) is 2.01. The average Bonchev–Trinajstić information content (AvgIpc) is 2.27. The fourth-order valence-corrected chi connectivity index (χ4v) is 2.73. The first-order valence-corrected chi connectivity index (χ1v) is 7.28. The summed E-state index contributed by atoms with van der Waals surface area (Å²) in [6.45, 7) is 2.08. The Labute approximate surface area is 105 Å². The molecule has 3 nitrogen and oxygen atoms in total. The van der Waals surface area contributed by atoms with Crippen molar-refractivity contribution in [2.75, 3.05) is 5.32 Å². The Morgan fingerprint density at radius 3 is 2.17 bits per heavy atom. The Morgan fingerprint density at radius 1 is 1.22 bits per heavy atom. The van der Waals surface area contributed by atoms with Crippen LogP contribution in [0.2, 0.25) is 0 Å². The SMILES string of the molecule is CC1(Nc2ccc(S(=O)(=O)C(F)F)cc2)CCC1. The van der Waals surface area contributed by atoms with Gasteiger partial charge < -0.3 is 5.32 Å². The van der Waals surface area contributed by atoms with Crippen molar-refractivity contribution < 1.29 is 17.2 Å². The van der Waals surface area contributed by atoms with Crippen molar-refractivity contribution in [1.29, 1.82) is 0 Å². The summed E-state index contributed by atoms with van der Waals surface area (Å²) in [6, 6.07) is 5.48. The van der Waals surface area contributed by atoms with Gasteiger partial charge in [-0.2, -0.15) is 8.78 Å². The van der Waals surface area contributed by atoms with Gasteiger partial charge in [-0.3, -0.25) is 0 Å². The Balaban J connectivity index is 2.15. The van der Waals surface area contributed by atoms with Crippen LogP contribution in [0, 0.1) is 0 Å². The van der Waals surface area contributed by atoms with E-state index in [1.54, 1.807) is 0 Å². The van der Waals surface area contributed by atoms with Crippen molar-refractivity contribution in [2.24, 2.45) is 0 Å². The van der Waals surface area contributed by atoms with E-state index in [4.69, 9.17) is 0 Å². The second-order valence-electron chi connectivity index (χ2n) is 4.87. The molecular formula is C12H15F2NO2S. The summed E-state index contributed by atoms with van der Waals surface area (Å²) in [4.78, 5) is -0.346. The van der Waals surface area contributed by atoms with E-state index in [0.717, 1.165) is 18.5 Å². The summed E-state index contributed by atoms with van der Waals surface area (Å²) in [7, 11) is -4.49. The van der Waals surface area contributed by atoms with Crippen molar-refractivity contribution in [3.8, 4) is 0 Å². The summed E-state index contributed by atoms with van der Waals surface area (Å²) < 4.78 is 47.1. The zero-order chi connectivity index (χ0) is 13.4. The first-order valence-electron chi connectivity index (χ1n) is 5.74. The maximum Gasteiger partial charge on any atom is 0.341 e. The molecule has 0 amide bonds. The number of hydrogen-bond acceptors (Lipinski definition) is 3. The number of rotatable bonds is 4. The van der Waals surface area contributed by atoms with Crippen LogP contribution in [-0.2, 0) is 9.84 Å². The van der Waals surface area contributed by atoms with E-state index in [1.165, 1.54) is 30.7 Å². The molecule has 1 aromatic rings. The van der Waals surface area contributed by atoms with Gasteiger partial charge >= 0.3 is 5.76 Å². The number of nitrogens with one attached hydrogen (secondary N) is 1. The third kappa shape index (κ3) is 2.48. The largest absolute Gasteiger partial charge is 0.380 e. The van der Waals surface area contributed by atoms with Gasteiger partial charge in [0.25, 0.3) is 0 Å². The number of alkyl halides is 2. The van der Waals surface area contributed by atoms with Crippen LogP contribution >= 0.6 is 0 Å². The van der Waals surface area contributed by atoms with Gasteiger partial charge in [-0.05, 0) is 50.5 Å². The van der Waals surface area contributed by atoms with E-state index in [1.807, 2.05) is 0 Å². The zero-order valence-electron chi connectivity index (χ0n) is 9.99. The second-order valence-corrected chi connectivity index (χ2v) is 6.79. The molecule has 1 aliphatic carbocycles. The third-order valence-electron chi connectivity index (χ3n) is 3.32. The molecule has 1 aromatic carbocycles. The smallest absolute Gasteiger partial charge is 0.341 e. The molecular weight excluding hydrogens is 260 g/mol. The van der Waals surface area contributed by atoms with Gasteiger partial charge in [-0.1, -0.05) is 0 Å². The molecule has 0 aliphatic heterocycles. The highest BCUT2D eigenvalue weighted by Gasteiger charge is 2.31. The van der Waals surface area contributed by atoms with Crippen LogP contribution in [0.4, 0.5) is 14.5 Å². The molecule has 0 radical (unpaired) electrons. The predicted octanol–water partition coefficient (Wildman–Crippen LogP) is 3.04. The third-order valence-corrected chi connectivity index (χ3v) is 4.72. The number of halogens is 2. The van der Waals surface area contributed by atoms with E-state index in [0.29, 0.717) is 0 Å². The van der Waals surface area contributed by atoms with Crippen LogP contribution in [0.25, 0.3) is 0 Å². The first kappa shape index (κ1) is 13.3. The molecule has 0 aromatic heterocycles. The lowest BCUT2D eigenvalue weighted by molar-refractivity contribution is 0.234. The maximum absolute atomic E-state index is 12.3. The molecule has 1 fully saturated rings. The molecule has 6 heteroatoms. The molecule has 0 unspecified atom stereocenters. The van der Waals surface area contributed by atoms with Gasteiger partial charge in [-0.25, -0.2) is 8.42 Å². The van der Waals surface area contributed by atoms with E-state index in [2.05, 4.69) is 12.2 Å². The average molecular weight is 275 g/mol. The Bertz CT molecular complexity index is 522. The molecule has 1 saturated carbocycles. The highest BCUT2D eigenvalue weighted by Crippen LogP contribution is 2.34. The molecule has 0 spiro atoms. The van der Waals surface area contributed by atoms with Gasteiger partial charge in [0.05, 0.1) is 4.90 Å². The van der Waals surface area contributed by atoms with Crippen LogP contribution in [0.15, 0.2) is 29.2 Å². The van der Waals surface area contributed by atoms with Crippen molar-refractivity contribution in [3.05, 3.63) is 24.3 Å². The molecule has 100 valence electrons. The van der Waals surface area contributed by atoms with Gasteiger partial charge in [0.2, 0.25) is 9.84 Å². The normalized spacial score (nSPS) is 18.4. The lowest BCUT2D eigenvalue weighted by Gasteiger charge is -2.40. The number of sulfone groups is 1. The summed E-state index contributed by atoms with van der Waals surface area (Å²) in [5.74, 6) is -3.37. The topological polar surface area (TPSA) is 46.2 Å². The molecule has 0 saturated heterocycles. The molecule has 0 atom stereocenters. The van der Waals surface area contributed by atoms with Gasteiger partial charge in [0.1, 0.15) is 0 Å². The second kappa shape index (κ2) is 4.50. The lowest BCUT2D eigenvalue weighted by atomic mass is 9.78. The fraction of sp³-hybridized carbons (Fsp3) is 0.500.